The number of halogens is 1. The predicted octanol–water partition coefficient (Wildman–Crippen LogP) is 1.73. The zero-order valence-corrected chi connectivity index (χ0v) is 9.44. The Kier molecular flexibility index (Phi) is 3.13. The number of anilines is 1. The second-order valence-corrected chi connectivity index (χ2v) is 3.20. The molecule has 0 atom stereocenters. The van der Waals surface area contributed by atoms with E-state index in [2.05, 4.69) is 20.3 Å². The molecule has 0 bridgehead atoms. The molecule has 17 heavy (non-hydrogen) atoms. The van der Waals surface area contributed by atoms with Crippen LogP contribution in [0.4, 0.5) is 10.3 Å². The molecule has 0 unspecified atom stereocenters. The van der Waals surface area contributed by atoms with Crippen molar-refractivity contribution in [1.29, 1.82) is 0 Å². The Bertz CT molecular complexity index is 510. The minimum atomic E-state index is -0.386. The topological polar surface area (TPSA) is 59.9 Å². The van der Waals surface area contributed by atoms with Crippen molar-refractivity contribution in [2.75, 3.05) is 19.5 Å². The van der Waals surface area contributed by atoms with E-state index in [4.69, 9.17) is 4.74 Å². The fourth-order valence-corrected chi connectivity index (χ4v) is 1.32. The summed E-state index contributed by atoms with van der Waals surface area (Å²) in [5.41, 5.74) is 0.310. The summed E-state index contributed by atoms with van der Waals surface area (Å²) in [6.45, 7) is 0. The van der Waals surface area contributed by atoms with Crippen LogP contribution < -0.4 is 10.1 Å². The first-order valence-corrected chi connectivity index (χ1v) is 4.97. The van der Waals surface area contributed by atoms with Crippen LogP contribution >= 0.6 is 0 Å². The first-order chi connectivity index (χ1) is 8.24. The van der Waals surface area contributed by atoms with Gasteiger partial charge in [-0.3, -0.25) is 0 Å². The van der Waals surface area contributed by atoms with Gasteiger partial charge in [0.1, 0.15) is 5.82 Å². The van der Waals surface area contributed by atoms with Gasteiger partial charge in [0.15, 0.2) is 5.82 Å². The average molecular weight is 234 g/mol. The van der Waals surface area contributed by atoms with E-state index < -0.39 is 0 Å². The monoisotopic (exact) mass is 234 g/mol. The van der Waals surface area contributed by atoms with Crippen LogP contribution in [0.1, 0.15) is 0 Å². The van der Waals surface area contributed by atoms with Crippen molar-refractivity contribution in [3.8, 4) is 17.4 Å². The third kappa shape index (κ3) is 2.30. The van der Waals surface area contributed by atoms with Crippen molar-refractivity contribution in [2.24, 2.45) is 0 Å². The van der Waals surface area contributed by atoms with Crippen molar-refractivity contribution < 1.29 is 9.13 Å². The smallest absolute Gasteiger partial charge is 0.321 e. The van der Waals surface area contributed by atoms with Crippen LogP contribution in [-0.2, 0) is 0 Å². The number of hydrogen-bond acceptors (Lipinski definition) is 5. The molecule has 0 aliphatic heterocycles. The molecular formula is C11H11FN4O. The van der Waals surface area contributed by atoms with Gasteiger partial charge in [0.25, 0.3) is 0 Å². The summed E-state index contributed by atoms with van der Waals surface area (Å²) in [5, 5.41) is 2.77. The lowest BCUT2D eigenvalue weighted by Crippen LogP contribution is -2.03. The van der Waals surface area contributed by atoms with E-state index in [0.29, 0.717) is 11.5 Å². The van der Waals surface area contributed by atoms with Gasteiger partial charge in [-0.25, -0.2) is 4.39 Å². The molecule has 1 aromatic carbocycles. The fourth-order valence-electron chi connectivity index (χ4n) is 1.32. The quantitative estimate of drug-likeness (QED) is 0.876. The maximum Gasteiger partial charge on any atom is 0.321 e. The third-order valence-electron chi connectivity index (χ3n) is 2.14. The fraction of sp³-hybridized carbons (Fsp3) is 0.182. The number of rotatable bonds is 3. The first-order valence-electron chi connectivity index (χ1n) is 4.97. The number of aromatic nitrogens is 3. The Morgan fingerprint density at radius 2 is 1.94 bits per heavy atom. The van der Waals surface area contributed by atoms with Crippen molar-refractivity contribution >= 4 is 5.95 Å². The van der Waals surface area contributed by atoms with Crippen LogP contribution in [0.5, 0.6) is 6.01 Å². The van der Waals surface area contributed by atoms with Crippen molar-refractivity contribution in [1.82, 2.24) is 15.0 Å². The molecule has 1 aromatic heterocycles. The molecule has 1 heterocycles. The molecule has 2 rings (SSSR count). The highest BCUT2D eigenvalue weighted by Gasteiger charge is 2.11. The van der Waals surface area contributed by atoms with Crippen LogP contribution in [0, 0.1) is 5.82 Å². The summed E-state index contributed by atoms with van der Waals surface area (Å²) in [7, 11) is 3.11. The Labute approximate surface area is 97.7 Å². The van der Waals surface area contributed by atoms with E-state index in [0.717, 1.165) is 0 Å². The van der Waals surface area contributed by atoms with Crippen molar-refractivity contribution in [3.05, 3.63) is 30.1 Å². The van der Waals surface area contributed by atoms with Crippen LogP contribution in [0.3, 0.4) is 0 Å². The molecule has 1 N–H and O–H groups in total. The molecule has 0 aliphatic rings. The van der Waals surface area contributed by atoms with Gasteiger partial charge in [-0.2, -0.15) is 15.0 Å². The minimum absolute atomic E-state index is 0.141. The number of methoxy groups -OCH3 is 1. The minimum Gasteiger partial charge on any atom is -0.467 e. The molecule has 0 saturated carbocycles. The Morgan fingerprint density at radius 3 is 2.59 bits per heavy atom. The highest BCUT2D eigenvalue weighted by Crippen LogP contribution is 2.21. The third-order valence-corrected chi connectivity index (χ3v) is 2.14. The normalized spacial score (nSPS) is 10.1. The molecule has 6 heteroatoms. The van der Waals surface area contributed by atoms with E-state index in [-0.39, 0.29) is 17.7 Å². The van der Waals surface area contributed by atoms with Gasteiger partial charge in [0, 0.05) is 7.05 Å². The van der Waals surface area contributed by atoms with Gasteiger partial charge < -0.3 is 10.1 Å². The van der Waals surface area contributed by atoms with E-state index in [1.165, 1.54) is 13.2 Å². The Balaban J connectivity index is 2.55. The molecule has 88 valence electrons. The van der Waals surface area contributed by atoms with Crippen LogP contribution in [0.2, 0.25) is 0 Å². The van der Waals surface area contributed by atoms with Gasteiger partial charge in [-0.1, -0.05) is 12.1 Å². The summed E-state index contributed by atoms with van der Waals surface area (Å²) >= 11 is 0. The highest BCUT2D eigenvalue weighted by atomic mass is 19.1. The number of hydrogen-bond donors (Lipinski definition) is 1. The number of ether oxygens (including phenoxy) is 1. The second kappa shape index (κ2) is 4.73. The molecule has 0 aliphatic carbocycles. The summed E-state index contributed by atoms with van der Waals surface area (Å²) in [6, 6.07) is 6.42. The van der Waals surface area contributed by atoms with Gasteiger partial charge in [0.05, 0.1) is 12.7 Å². The molecule has 2 aromatic rings. The zero-order valence-electron chi connectivity index (χ0n) is 9.44. The van der Waals surface area contributed by atoms with E-state index in [9.17, 15) is 4.39 Å². The van der Waals surface area contributed by atoms with Crippen molar-refractivity contribution in [2.45, 2.75) is 0 Å². The summed E-state index contributed by atoms with van der Waals surface area (Å²) in [6.07, 6.45) is 0. The standard InChI is InChI=1S/C11H11FN4O/c1-13-10-14-9(15-11(16-10)17-2)7-5-3-4-6-8(7)12/h3-6H,1-2H3,(H,13,14,15,16). The Morgan fingerprint density at radius 1 is 1.18 bits per heavy atom. The highest BCUT2D eigenvalue weighted by molar-refractivity contribution is 5.57. The second-order valence-electron chi connectivity index (χ2n) is 3.20. The van der Waals surface area contributed by atoms with Crippen LogP contribution in [0.25, 0.3) is 11.4 Å². The van der Waals surface area contributed by atoms with Gasteiger partial charge in [-0.05, 0) is 12.1 Å². The summed E-state index contributed by atoms with van der Waals surface area (Å²) < 4.78 is 18.5. The summed E-state index contributed by atoms with van der Waals surface area (Å²) in [4.78, 5) is 12.0. The Hall–Kier alpha value is -2.24. The maximum atomic E-state index is 13.6. The molecule has 0 spiro atoms. The SMILES string of the molecule is CNc1nc(OC)nc(-c2ccccc2F)n1. The molecule has 0 amide bonds. The van der Waals surface area contributed by atoms with Crippen LogP contribution in [-0.4, -0.2) is 29.1 Å². The molecule has 0 fully saturated rings. The molecule has 0 radical (unpaired) electrons. The van der Waals surface area contributed by atoms with Gasteiger partial charge in [-0.15, -0.1) is 0 Å². The number of nitrogens with zero attached hydrogens (tertiary/aromatic N) is 3. The first kappa shape index (κ1) is 11.3. The van der Waals surface area contributed by atoms with E-state index in [1.807, 2.05) is 0 Å². The molecular weight excluding hydrogens is 223 g/mol. The van der Waals surface area contributed by atoms with Crippen LogP contribution in [0.15, 0.2) is 24.3 Å². The van der Waals surface area contributed by atoms with Crippen molar-refractivity contribution in [3.63, 3.8) is 0 Å². The molecule has 0 saturated heterocycles. The number of nitrogens with one attached hydrogen (secondary N) is 1. The van der Waals surface area contributed by atoms with Gasteiger partial charge >= 0.3 is 6.01 Å². The predicted molar refractivity (Wildman–Crippen MR) is 61.3 cm³/mol. The molecule has 5 nitrogen and oxygen atoms in total. The lowest BCUT2D eigenvalue weighted by atomic mass is 10.2. The lowest BCUT2D eigenvalue weighted by Gasteiger charge is -2.06. The lowest BCUT2D eigenvalue weighted by molar-refractivity contribution is 0.379. The van der Waals surface area contributed by atoms with Gasteiger partial charge in [0.2, 0.25) is 5.95 Å². The maximum absolute atomic E-state index is 13.6. The average Bonchev–Trinajstić information content (AvgIpc) is 2.38. The summed E-state index contributed by atoms with van der Waals surface area (Å²) in [5.74, 6) is 0.178. The zero-order chi connectivity index (χ0) is 12.3. The van der Waals surface area contributed by atoms with E-state index >= 15 is 0 Å². The number of benzene rings is 1. The van der Waals surface area contributed by atoms with E-state index in [1.54, 1.807) is 25.2 Å². The largest absolute Gasteiger partial charge is 0.467 e.